The molecule has 1 saturated carbocycles. The van der Waals surface area contributed by atoms with E-state index >= 15 is 0 Å². The lowest BCUT2D eigenvalue weighted by Gasteiger charge is -2.32. The Balaban J connectivity index is 2.18. The highest BCUT2D eigenvalue weighted by molar-refractivity contribution is 5.95. The predicted octanol–water partition coefficient (Wildman–Crippen LogP) is 3.87. The van der Waals surface area contributed by atoms with E-state index in [0.717, 1.165) is 25.0 Å². The number of nitrogens with one attached hydrogen (secondary N) is 1. The largest absolute Gasteiger partial charge is 0.502 e. The normalized spacial score (nSPS) is 15.6. The van der Waals surface area contributed by atoms with Crippen molar-refractivity contribution >= 4 is 11.5 Å². The Hall–Kier alpha value is -3.10. The summed E-state index contributed by atoms with van der Waals surface area (Å²) in [6.45, 7) is 4.94. The van der Waals surface area contributed by atoms with Crippen molar-refractivity contribution in [1.29, 1.82) is 0 Å². The summed E-state index contributed by atoms with van der Waals surface area (Å²) in [7, 11) is 1.53. The molecule has 3 rings (SSSR count). The molecule has 1 fully saturated rings. The van der Waals surface area contributed by atoms with Gasteiger partial charge >= 0.3 is 6.18 Å². The van der Waals surface area contributed by atoms with E-state index in [-0.39, 0.29) is 23.6 Å². The van der Waals surface area contributed by atoms with Gasteiger partial charge in [-0.2, -0.15) is 18.3 Å². The molecule has 1 aliphatic rings. The van der Waals surface area contributed by atoms with Crippen LogP contribution in [0.3, 0.4) is 0 Å². The smallest absolute Gasteiger partial charge is 0.416 e. The van der Waals surface area contributed by atoms with Gasteiger partial charge in [-0.05, 0) is 24.5 Å². The molecule has 2 aromatic rings. The minimum absolute atomic E-state index is 0.0427. The maximum absolute atomic E-state index is 13.3. The number of halogens is 3. The fraction of sp³-hybridized carbons (Fsp3) is 0.409. The van der Waals surface area contributed by atoms with Crippen LogP contribution in [0.5, 0.6) is 5.75 Å². The third-order valence-electron chi connectivity index (χ3n) is 5.87. The molecule has 6 nitrogen and oxygen atoms in total. The summed E-state index contributed by atoms with van der Waals surface area (Å²) in [5.74, 6) is -1.31. The number of alkyl halides is 3. The molecule has 0 bridgehead atoms. The van der Waals surface area contributed by atoms with Gasteiger partial charge < -0.3 is 10.4 Å². The van der Waals surface area contributed by atoms with E-state index in [1.54, 1.807) is 6.07 Å². The van der Waals surface area contributed by atoms with Crippen LogP contribution in [-0.4, -0.2) is 27.7 Å². The van der Waals surface area contributed by atoms with Crippen LogP contribution in [-0.2, 0) is 18.1 Å². The molecule has 0 amide bonds. The Kier molecular flexibility index (Phi) is 5.98. The summed E-state index contributed by atoms with van der Waals surface area (Å²) in [5, 5.41) is 17.4. The summed E-state index contributed by atoms with van der Waals surface area (Å²) in [4.78, 5) is 24.7. The van der Waals surface area contributed by atoms with Crippen LogP contribution in [0.25, 0.3) is 5.70 Å². The molecule has 0 aliphatic heterocycles. The van der Waals surface area contributed by atoms with Crippen molar-refractivity contribution in [3.8, 4) is 5.75 Å². The SMILES string of the molecule is C=C(NC)c1nn(CC2(c3cccc(C(F)(F)F)c3)CCCC2)c(C(C)=O)c(O)c1=O. The number of aromatic nitrogens is 2. The van der Waals surface area contributed by atoms with Crippen molar-refractivity contribution in [2.24, 2.45) is 0 Å². The van der Waals surface area contributed by atoms with Crippen molar-refractivity contribution < 1.29 is 23.1 Å². The first-order chi connectivity index (χ1) is 14.5. The monoisotopic (exact) mass is 435 g/mol. The highest BCUT2D eigenvalue weighted by Gasteiger charge is 2.39. The zero-order valence-corrected chi connectivity index (χ0v) is 17.3. The topological polar surface area (TPSA) is 84.2 Å². The standard InChI is InChI=1S/C22H24F3N3O3/c1-13(26-3)17-19(30)20(31)18(14(2)29)28(27-17)12-21(9-4-5-10-21)15-7-6-8-16(11-15)22(23,24)25/h6-8,11,26,31H,1,4-5,9-10,12H2,2-3H3. The molecule has 9 heteroatoms. The van der Waals surface area contributed by atoms with Crippen LogP contribution < -0.4 is 10.7 Å². The summed E-state index contributed by atoms with van der Waals surface area (Å²) < 4.78 is 41.2. The van der Waals surface area contributed by atoms with Gasteiger partial charge in [-0.25, -0.2) is 0 Å². The van der Waals surface area contributed by atoms with Crippen LogP contribution in [0, 0.1) is 0 Å². The molecule has 0 spiro atoms. The lowest BCUT2D eigenvalue weighted by molar-refractivity contribution is -0.137. The third-order valence-corrected chi connectivity index (χ3v) is 5.87. The van der Waals surface area contributed by atoms with Gasteiger partial charge in [0.2, 0.25) is 0 Å². The van der Waals surface area contributed by atoms with E-state index in [1.807, 2.05) is 0 Å². The molecular weight excluding hydrogens is 411 g/mol. The molecule has 31 heavy (non-hydrogen) atoms. The number of hydrogen-bond acceptors (Lipinski definition) is 5. The molecule has 0 saturated heterocycles. The van der Waals surface area contributed by atoms with Crippen molar-refractivity contribution in [1.82, 2.24) is 15.1 Å². The van der Waals surface area contributed by atoms with Crippen molar-refractivity contribution in [3.63, 3.8) is 0 Å². The summed E-state index contributed by atoms with van der Waals surface area (Å²) in [5.41, 5.74) is -2.08. The number of carbonyl (C=O) groups is 1. The van der Waals surface area contributed by atoms with Crippen LogP contribution in [0.15, 0.2) is 35.6 Å². The zero-order chi connectivity index (χ0) is 23.0. The maximum atomic E-state index is 13.3. The van der Waals surface area contributed by atoms with E-state index < -0.39 is 34.1 Å². The van der Waals surface area contributed by atoms with Gasteiger partial charge in [0.1, 0.15) is 5.69 Å². The Morgan fingerprint density at radius 3 is 2.52 bits per heavy atom. The predicted molar refractivity (Wildman–Crippen MR) is 110 cm³/mol. The molecule has 1 aromatic carbocycles. The summed E-state index contributed by atoms with van der Waals surface area (Å²) >= 11 is 0. The molecule has 1 aliphatic carbocycles. The number of hydrogen-bond donors (Lipinski definition) is 2. The third kappa shape index (κ3) is 4.22. The quantitative estimate of drug-likeness (QED) is 0.673. The first kappa shape index (κ1) is 22.6. The van der Waals surface area contributed by atoms with Gasteiger partial charge in [0, 0.05) is 19.4 Å². The maximum Gasteiger partial charge on any atom is 0.416 e. The lowest BCUT2D eigenvalue weighted by Crippen LogP contribution is -2.34. The number of carbonyl (C=O) groups excluding carboxylic acids is 1. The van der Waals surface area contributed by atoms with Crippen molar-refractivity contribution in [2.75, 3.05) is 7.05 Å². The van der Waals surface area contributed by atoms with Crippen LogP contribution in [0.2, 0.25) is 0 Å². The molecule has 1 aromatic heterocycles. The fourth-order valence-corrected chi connectivity index (χ4v) is 4.24. The highest BCUT2D eigenvalue weighted by atomic mass is 19.4. The first-order valence-electron chi connectivity index (χ1n) is 9.90. The van der Waals surface area contributed by atoms with Crippen molar-refractivity contribution in [2.45, 2.75) is 50.7 Å². The van der Waals surface area contributed by atoms with Gasteiger partial charge in [0.15, 0.2) is 17.2 Å². The minimum Gasteiger partial charge on any atom is -0.502 e. The number of aromatic hydroxyl groups is 1. The Morgan fingerprint density at radius 2 is 1.97 bits per heavy atom. The van der Waals surface area contributed by atoms with Crippen LogP contribution in [0.4, 0.5) is 13.2 Å². The van der Waals surface area contributed by atoms with Crippen molar-refractivity contribution in [3.05, 3.63) is 63.6 Å². The zero-order valence-electron chi connectivity index (χ0n) is 17.3. The minimum atomic E-state index is -4.48. The Bertz CT molecular complexity index is 1080. The fourth-order valence-electron chi connectivity index (χ4n) is 4.24. The molecule has 0 unspecified atom stereocenters. The van der Waals surface area contributed by atoms with Gasteiger partial charge in [-0.15, -0.1) is 0 Å². The van der Waals surface area contributed by atoms with Crippen LogP contribution >= 0.6 is 0 Å². The van der Waals surface area contributed by atoms with E-state index in [1.165, 1.54) is 24.7 Å². The van der Waals surface area contributed by atoms with Gasteiger partial charge in [0.05, 0.1) is 17.8 Å². The average Bonchev–Trinajstić information content (AvgIpc) is 3.19. The second-order valence-corrected chi connectivity index (χ2v) is 7.88. The molecule has 1 heterocycles. The molecule has 0 radical (unpaired) electrons. The number of benzene rings is 1. The number of rotatable bonds is 6. The Labute approximate surface area is 177 Å². The van der Waals surface area contributed by atoms with Crippen LogP contribution in [0.1, 0.15) is 59.9 Å². The second kappa shape index (κ2) is 8.20. The number of ketones is 1. The number of nitrogens with zero attached hydrogens (tertiary/aromatic N) is 2. The van der Waals surface area contributed by atoms with E-state index in [9.17, 15) is 27.9 Å². The second-order valence-electron chi connectivity index (χ2n) is 7.88. The lowest BCUT2D eigenvalue weighted by atomic mass is 9.78. The Morgan fingerprint density at radius 1 is 1.32 bits per heavy atom. The molecule has 2 N–H and O–H groups in total. The molecule has 166 valence electrons. The molecule has 0 atom stereocenters. The molecular formula is C22H24F3N3O3. The van der Waals surface area contributed by atoms with Gasteiger partial charge in [-0.3, -0.25) is 14.3 Å². The van der Waals surface area contributed by atoms with E-state index in [4.69, 9.17) is 0 Å². The van der Waals surface area contributed by atoms with Gasteiger partial charge in [-0.1, -0.05) is 37.6 Å². The van der Waals surface area contributed by atoms with E-state index in [0.29, 0.717) is 18.4 Å². The average molecular weight is 435 g/mol. The highest BCUT2D eigenvalue weighted by Crippen LogP contribution is 2.44. The van der Waals surface area contributed by atoms with Gasteiger partial charge in [0.25, 0.3) is 5.43 Å². The number of Topliss-reactive ketones (excluding diaryl/α,β-unsaturated/α-hetero) is 1. The summed E-state index contributed by atoms with van der Waals surface area (Å²) in [6, 6.07) is 5.17. The summed E-state index contributed by atoms with van der Waals surface area (Å²) in [6.07, 6.45) is -1.71. The van der Waals surface area contributed by atoms with E-state index in [2.05, 4.69) is 17.0 Å². The first-order valence-corrected chi connectivity index (χ1v) is 9.90.